The summed E-state index contributed by atoms with van der Waals surface area (Å²) in [6, 6.07) is 3.26. The molecule has 3 heterocycles. The number of carboxylic acids is 1. The lowest BCUT2D eigenvalue weighted by Crippen LogP contribution is -2.26. The van der Waals surface area contributed by atoms with Gasteiger partial charge in [-0.2, -0.15) is 5.10 Å². The van der Waals surface area contributed by atoms with Gasteiger partial charge in [-0.3, -0.25) is 14.6 Å². The van der Waals surface area contributed by atoms with Crippen LogP contribution in [0.5, 0.6) is 0 Å². The molecule has 0 radical (unpaired) electrons. The topological polar surface area (TPSA) is 111 Å². The first-order valence-electron chi connectivity index (χ1n) is 6.21. The monoisotopic (exact) mass is 364 g/mol. The predicted octanol–water partition coefficient (Wildman–Crippen LogP) is 1.22. The molecule has 1 N–H and O–H groups in total. The molecule has 0 spiro atoms. The van der Waals surface area contributed by atoms with Crippen LogP contribution < -0.4 is 5.56 Å². The molecule has 3 rings (SSSR count). The molecular weight excluding hydrogens is 356 g/mol. The molecule has 0 atom stereocenters. The van der Waals surface area contributed by atoms with E-state index in [2.05, 4.69) is 31.0 Å². The lowest BCUT2D eigenvalue weighted by Gasteiger charge is -2.07. The first-order valence-corrected chi connectivity index (χ1v) is 7.00. The second-order valence-electron chi connectivity index (χ2n) is 4.44. The molecule has 0 aliphatic carbocycles. The molecular formula is C13H9BrN4O4. The van der Waals surface area contributed by atoms with Gasteiger partial charge in [-0.15, -0.1) is 0 Å². The molecule has 0 saturated heterocycles. The van der Waals surface area contributed by atoms with E-state index in [1.165, 1.54) is 12.4 Å². The number of hydrogen-bond acceptors (Lipinski definition) is 6. The predicted molar refractivity (Wildman–Crippen MR) is 78.4 cm³/mol. The minimum Gasteiger partial charge on any atom is -0.481 e. The van der Waals surface area contributed by atoms with Crippen LogP contribution in [0, 0.1) is 0 Å². The second-order valence-corrected chi connectivity index (χ2v) is 5.22. The van der Waals surface area contributed by atoms with Crippen molar-refractivity contribution in [3.05, 3.63) is 51.1 Å². The number of halogens is 1. The highest BCUT2D eigenvalue weighted by Crippen LogP contribution is 2.14. The standard InChI is InChI=1S/C13H9BrN4O4/c14-9-5-16-10(22-9)6-18-13(21)12-7(2-1-3-15-12)8(17-18)4-11(19)20/h1-3,5H,4,6H2,(H,19,20). The lowest BCUT2D eigenvalue weighted by atomic mass is 10.2. The van der Waals surface area contributed by atoms with Crippen molar-refractivity contribution >= 4 is 32.8 Å². The molecule has 0 fully saturated rings. The molecule has 3 aromatic rings. The fraction of sp³-hybridized carbons (Fsp3) is 0.154. The maximum absolute atomic E-state index is 12.4. The number of carboxylic acid groups (broad SMARTS) is 1. The zero-order valence-electron chi connectivity index (χ0n) is 11.1. The summed E-state index contributed by atoms with van der Waals surface area (Å²) in [6.45, 7) is -0.0104. The highest BCUT2D eigenvalue weighted by atomic mass is 79.9. The number of aromatic nitrogens is 4. The van der Waals surface area contributed by atoms with E-state index in [-0.39, 0.29) is 30.1 Å². The quantitative estimate of drug-likeness (QED) is 0.740. The Bertz CT molecular complexity index is 918. The summed E-state index contributed by atoms with van der Waals surface area (Å²) < 4.78 is 6.78. The van der Waals surface area contributed by atoms with Crippen LogP contribution in [0.4, 0.5) is 0 Å². The second kappa shape index (κ2) is 5.68. The number of carbonyl (C=O) groups is 1. The van der Waals surface area contributed by atoms with Crippen LogP contribution in [-0.2, 0) is 17.8 Å². The number of rotatable bonds is 4. The van der Waals surface area contributed by atoms with E-state index in [9.17, 15) is 9.59 Å². The van der Waals surface area contributed by atoms with Gasteiger partial charge in [-0.1, -0.05) is 0 Å². The van der Waals surface area contributed by atoms with Gasteiger partial charge in [0.1, 0.15) is 12.1 Å². The van der Waals surface area contributed by atoms with Gasteiger partial charge in [0.25, 0.3) is 5.56 Å². The summed E-state index contributed by atoms with van der Waals surface area (Å²) in [5.74, 6) is -0.764. The summed E-state index contributed by atoms with van der Waals surface area (Å²) in [5.41, 5.74) is -0.000690. The van der Waals surface area contributed by atoms with Gasteiger partial charge in [0.05, 0.1) is 18.3 Å². The van der Waals surface area contributed by atoms with Gasteiger partial charge in [0.15, 0.2) is 4.67 Å². The molecule has 9 heteroatoms. The Hall–Kier alpha value is -2.55. The number of hydrogen-bond donors (Lipinski definition) is 1. The molecule has 0 amide bonds. The Balaban J connectivity index is 2.15. The zero-order valence-corrected chi connectivity index (χ0v) is 12.6. The van der Waals surface area contributed by atoms with Gasteiger partial charge < -0.3 is 9.52 Å². The molecule has 0 unspecified atom stereocenters. The number of nitrogens with zero attached hydrogens (tertiary/aromatic N) is 4. The summed E-state index contributed by atoms with van der Waals surface area (Å²) in [5, 5.41) is 13.5. The van der Waals surface area contributed by atoms with Crippen molar-refractivity contribution < 1.29 is 14.3 Å². The highest BCUT2D eigenvalue weighted by Gasteiger charge is 2.15. The molecule has 0 bridgehead atoms. The van der Waals surface area contributed by atoms with Gasteiger partial charge in [-0.25, -0.2) is 9.67 Å². The van der Waals surface area contributed by atoms with E-state index in [0.717, 1.165) is 4.68 Å². The maximum atomic E-state index is 12.4. The largest absolute Gasteiger partial charge is 0.481 e. The van der Waals surface area contributed by atoms with Crippen LogP contribution in [-0.4, -0.2) is 30.8 Å². The summed E-state index contributed by atoms with van der Waals surface area (Å²) >= 11 is 3.12. The molecule has 112 valence electrons. The number of pyridine rings is 1. The van der Waals surface area contributed by atoms with Crippen molar-refractivity contribution in [2.75, 3.05) is 0 Å². The van der Waals surface area contributed by atoms with Crippen molar-refractivity contribution in [1.82, 2.24) is 19.7 Å². The first-order chi connectivity index (χ1) is 10.5. The number of fused-ring (bicyclic) bond motifs is 1. The lowest BCUT2D eigenvalue weighted by molar-refractivity contribution is -0.136. The normalized spacial score (nSPS) is 11.0. The molecule has 0 aromatic carbocycles. The maximum Gasteiger partial charge on any atom is 0.309 e. The first kappa shape index (κ1) is 14.4. The molecule has 0 aliphatic rings. The van der Waals surface area contributed by atoms with Crippen LogP contribution in [0.2, 0.25) is 0 Å². The van der Waals surface area contributed by atoms with E-state index in [1.54, 1.807) is 12.1 Å². The molecule has 0 aliphatic heterocycles. The molecule has 22 heavy (non-hydrogen) atoms. The van der Waals surface area contributed by atoms with E-state index in [4.69, 9.17) is 9.52 Å². The van der Waals surface area contributed by atoms with Gasteiger partial charge in [0, 0.05) is 11.6 Å². The minimum absolute atomic E-state index is 0.0104. The Morgan fingerprint density at radius 2 is 2.23 bits per heavy atom. The van der Waals surface area contributed by atoms with E-state index in [1.807, 2.05) is 0 Å². The average Bonchev–Trinajstić information content (AvgIpc) is 2.89. The SMILES string of the molecule is O=C(O)Cc1nn(Cc2ncc(Br)o2)c(=O)c2ncccc12. The minimum atomic E-state index is -1.04. The zero-order chi connectivity index (χ0) is 15.7. The Labute approximate surface area is 131 Å². The third-order valence-corrected chi connectivity index (χ3v) is 3.29. The van der Waals surface area contributed by atoms with Crippen molar-refractivity contribution in [1.29, 1.82) is 0 Å². The van der Waals surface area contributed by atoms with Gasteiger partial charge in [-0.05, 0) is 28.1 Å². The number of aliphatic carboxylic acids is 1. The summed E-state index contributed by atoms with van der Waals surface area (Å²) in [6.07, 6.45) is 2.62. The molecule has 0 saturated carbocycles. The van der Waals surface area contributed by atoms with Gasteiger partial charge >= 0.3 is 5.97 Å². The fourth-order valence-electron chi connectivity index (χ4n) is 2.05. The van der Waals surface area contributed by atoms with Crippen LogP contribution in [0.25, 0.3) is 10.9 Å². The van der Waals surface area contributed by atoms with Crippen molar-refractivity contribution in [3.63, 3.8) is 0 Å². The van der Waals surface area contributed by atoms with Crippen LogP contribution in [0.15, 0.2) is 38.4 Å². The third-order valence-electron chi connectivity index (χ3n) is 2.93. The van der Waals surface area contributed by atoms with Gasteiger partial charge in [0.2, 0.25) is 5.89 Å². The fourth-order valence-corrected chi connectivity index (χ4v) is 2.34. The van der Waals surface area contributed by atoms with E-state index in [0.29, 0.717) is 10.1 Å². The summed E-state index contributed by atoms with van der Waals surface area (Å²) in [7, 11) is 0. The molecule has 8 nitrogen and oxygen atoms in total. The van der Waals surface area contributed by atoms with Crippen LogP contribution >= 0.6 is 15.9 Å². The average molecular weight is 365 g/mol. The Morgan fingerprint density at radius 1 is 1.41 bits per heavy atom. The van der Waals surface area contributed by atoms with Crippen LogP contribution in [0.3, 0.4) is 0 Å². The van der Waals surface area contributed by atoms with E-state index < -0.39 is 11.5 Å². The Morgan fingerprint density at radius 3 is 2.91 bits per heavy atom. The van der Waals surface area contributed by atoms with Crippen molar-refractivity contribution in [2.24, 2.45) is 0 Å². The highest BCUT2D eigenvalue weighted by molar-refractivity contribution is 9.10. The van der Waals surface area contributed by atoms with E-state index >= 15 is 0 Å². The third kappa shape index (κ3) is 2.75. The van der Waals surface area contributed by atoms with Crippen LogP contribution in [0.1, 0.15) is 11.6 Å². The molecule has 3 aromatic heterocycles. The Kier molecular flexibility index (Phi) is 3.72. The summed E-state index contributed by atoms with van der Waals surface area (Å²) in [4.78, 5) is 31.4. The van der Waals surface area contributed by atoms with Crippen molar-refractivity contribution in [3.8, 4) is 0 Å². The smallest absolute Gasteiger partial charge is 0.309 e. The van der Waals surface area contributed by atoms with Crippen molar-refractivity contribution in [2.45, 2.75) is 13.0 Å². The number of oxazole rings is 1.